The molecular formula is C18H26Fe. The Bertz CT molecular complexity index is 328. The molecule has 2 aromatic rings. The molecule has 0 spiro atoms. The van der Waals surface area contributed by atoms with Crippen LogP contribution >= 0.6 is 0 Å². The van der Waals surface area contributed by atoms with E-state index in [0.717, 1.165) is 5.92 Å². The molecule has 0 saturated heterocycles. The minimum absolute atomic E-state index is 0. The quantitative estimate of drug-likeness (QED) is 0.355. The van der Waals surface area contributed by atoms with Crippen molar-refractivity contribution in [2.24, 2.45) is 0 Å². The summed E-state index contributed by atoms with van der Waals surface area (Å²) >= 11 is 0. The average molecular weight is 298 g/mol. The van der Waals surface area contributed by atoms with E-state index in [1.165, 1.54) is 32.1 Å². The SMILES string of the molecule is CCCCCC(CC)c1ccc[cH-]1.[Fe+2].c1cc[cH-]c1. The zero-order valence-corrected chi connectivity index (χ0v) is 13.3. The van der Waals surface area contributed by atoms with Gasteiger partial charge in [0, 0.05) is 0 Å². The first-order chi connectivity index (χ1) is 8.88. The molecule has 0 nitrogen and oxygen atoms in total. The molecule has 0 aromatic heterocycles. The molecule has 1 unspecified atom stereocenters. The van der Waals surface area contributed by atoms with Crippen LogP contribution in [0.2, 0.25) is 0 Å². The minimum Gasteiger partial charge on any atom is -0.214 e. The fourth-order valence-corrected chi connectivity index (χ4v) is 2.23. The largest absolute Gasteiger partial charge is 2.00 e. The van der Waals surface area contributed by atoms with Gasteiger partial charge in [-0.3, -0.25) is 0 Å². The van der Waals surface area contributed by atoms with Gasteiger partial charge in [-0.05, 0) is 12.3 Å². The maximum atomic E-state index is 2.30. The van der Waals surface area contributed by atoms with Crippen LogP contribution in [0.3, 0.4) is 0 Å². The Morgan fingerprint density at radius 2 is 1.74 bits per heavy atom. The van der Waals surface area contributed by atoms with Gasteiger partial charge in [-0.15, -0.1) is 0 Å². The number of rotatable bonds is 6. The molecule has 0 aliphatic heterocycles. The number of unbranched alkanes of at least 4 members (excludes halogenated alkanes) is 2. The molecule has 0 saturated carbocycles. The Kier molecular flexibility index (Phi) is 11.8. The third-order valence-corrected chi connectivity index (χ3v) is 3.36. The van der Waals surface area contributed by atoms with Gasteiger partial charge in [0.15, 0.2) is 0 Å². The molecule has 0 heterocycles. The maximum absolute atomic E-state index is 2.30. The monoisotopic (exact) mass is 298 g/mol. The summed E-state index contributed by atoms with van der Waals surface area (Å²) in [7, 11) is 0. The molecule has 0 aliphatic rings. The van der Waals surface area contributed by atoms with Crippen LogP contribution < -0.4 is 0 Å². The van der Waals surface area contributed by atoms with Crippen molar-refractivity contribution < 1.29 is 17.1 Å². The molecule has 2 rings (SSSR count). The van der Waals surface area contributed by atoms with Gasteiger partial charge in [0.05, 0.1) is 0 Å². The van der Waals surface area contributed by atoms with Crippen LogP contribution in [0.4, 0.5) is 0 Å². The molecule has 0 bridgehead atoms. The first-order valence-electron chi connectivity index (χ1n) is 7.26. The molecule has 0 radical (unpaired) electrons. The topological polar surface area (TPSA) is 0 Å². The summed E-state index contributed by atoms with van der Waals surface area (Å²) in [5.74, 6) is 0.807. The van der Waals surface area contributed by atoms with Crippen molar-refractivity contribution in [3.05, 3.63) is 60.2 Å². The zero-order valence-electron chi connectivity index (χ0n) is 12.2. The Balaban J connectivity index is 0.000000454. The Labute approximate surface area is 129 Å². The Hall–Kier alpha value is -0.781. The first-order valence-corrected chi connectivity index (χ1v) is 7.26. The zero-order chi connectivity index (χ0) is 13.1. The van der Waals surface area contributed by atoms with Crippen LogP contribution in [0.25, 0.3) is 0 Å². The van der Waals surface area contributed by atoms with Crippen LogP contribution in [0.15, 0.2) is 54.6 Å². The Morgan fingerprint density at radius 3 is 2.16 bits per heavy atom. The van der Waals surface area contributed by atoms with Gasteiger partial charge >= 0.3 is 17.1 Å². The van der Waals surface area contributed by atoms with Crippen LogP contribution in [0.5, 0.6) is 0 Å². The number of hydrogen-bond acceptors (Lipinski definition) is 0. The van der Waals surface area contributed by atoms with Gasteiger partial charge in [0.25, 0.3) is 0 Å². The summed E-state index contributed by atoms with van der Waals surface area (Å²) < 4.78 is 0. The predicted molar refractivity (Wildman–Crippen MR) is 81.2 cm³/mol. The fraction of sp³-hybridized carbons (Fsp3) is 0.444. The minimum atomic E-state index is 0. The maximum Gasteiger partial charge on any atom is 2.00 e. The van der Waals surface area contributed by atoms with Crippen molar-refractivity contribution in [3.63, 3.8) is 0 Å². The van der Waals surface area contributed by atoms with E-state index in [9.17, 15) is 0 Å². The van der Waals surface area contributed by atoms with Gasteiger partial charge in [-0.1, -0.05) is 39.5 Å². The third-order valence-electron chi connectivity index (χ3n) is 3.36. The average Bonchev–Trinajstić information content (AvgIpc) is 3.08. The van der Waals surface area contributed by atoms with E-state index < -0.39 is 0 Å². The Morgan fingerprint density at radius 1 is 1.00 bits per heavy atom. The van der Waals surface area contributed by atoms with Crippen molar-refractivity contribution in [3.8, 4) is 0 Å². The van der Waals surface area contributed by atoms with Gasteiger partial charge in [-0.2, -0.15) is 35.9 Å². The molecule has 1 heteroatoms. The second kappa shape index (κ2) is 12.3. The van der Waals surface area contributed by atoms with E-state index >= 15 is 0 Å². The van der Waals surface area contributed by atoms with Gasteiger partial charge in [0.1, 0.15) is 0 Å². The van der Waals surface area contributed by atoms with E-state index in [4.69, 9.17) is 0 Å². The van der Waals surface area contributed by atoms with Gasteiger partial charge < -0.3 is 0 Å². The van der Waals surface area contributed by atoms with Crippen molar-refractivity contribution in [1.29, 1.82) is 0 Å². The van der Waals surface area contributed by atoms with Crippen LogP contribution in [0, 0.1) is 0 Å². The second-order valence-corrected chi connectivity index (χ2v) is 4.78. The summed E-state index contributed by atoms with van der Waals surface area (Å²) in [6, 6.07) is 18.8. The molecule has 0 aliphatic carbocycles. The third kappa shape index (κ3) is 8.08. The summed E-state index contributed by atoms with van der Waals surface area (Å²) in [6.45, 7) is 4.56. The van der Waals surface area contributed by atoms with Crippen LogP contribution in [-0.4, -0.2) is 0 Å². The standard InChI is InChI=1S/C13H21.C5H5.Fe/c1-3-5-6-9-12(4-2)13-10-7-8-11-13;1-2-4-5-3-1;/h7-8,10-12H,3-6,9H2,1-2H3;1-5H;/q2*-1;+2. The van der Waals surface area contributed by atoms with E-state index in [0.29, 0.717) is 0 Å². The molecule has 1 atom stereocenters. The van der Waals surface area contributed by atoms with Gasteiger partial charge in [-0.25, -0.2) is 24.3 Å². The molecule has 0 fully saturated rings. The van der Waals surface area contributed by atoms with Crippen molar-refractivity contribution in [1.82, 2.24) is 0 Å². The van der Waals surface area contributed by atoms with E-state index in [1.807, 2.05) is 30.3 Å². The first kappa shape index (κ1) is 18.2. The smallest absolute Gasteiger partial charge is 0.214 e. The summed E-state index contributed by atoms with van der Waals surface area (Å²) in [5, 5.41) is 0. The summed E-state index contributed by atoms with van der Waals surface area (Å²) in [4.78, 5) is 0. The van der Waals surface area contributed by atoms with Crippen molar-refractivity contribution in [2.75, 3.05) is 0 Å². The van der Waals surface area contributed by atoms with Crippen LogP contribution in [-0.2, 0) is 17.1 Å². The fourth-order valence-electron chi connectivity index (χ4n) is 2.23. The van der Waals surface area contributed by atoms with Gasteiger partial charge in [0.2, 0.25) is 0 Å². The van der Waals surface area contributed by atoms with E-state index in [-0.39, 0.29) is 17.1 Å². The van der Waals surface area contributed by atoms with Crippen LogP contribution in [0.1, 0.15) is 57.4 Å². The van der Waals surface area contributed by atoms with E-state index in [1.54, 1.807) is 5.56 Å². The molecule has 0 amide bonds. The normalized spacial score (nSPS) is 11.1. The molecular weight excluding hydrogens is 272 g/mol. The van der Waals surface area contributed by atoms with Crippen molar-refractivity contribution >= 4 is 0 Å². The summed E-state index contributed by atoms with van der Waals surface area (Å²) in [5.41, 5.74) is 1.54. The summed E-state index contributed by atoms with van der Waals surface area (Å²) in [6.07, 6.45) is 6.76. The molecule has 19 heavy (non-hydrogen) atoms. The molecule has 0 N–H and O–H groups in total. The predicted octanol–water partition coefficient (Wildman–Crippen LogP) is 5.88. The van der Waals surface area contributed by atoms with E-state index in [2.05, 4.69) is 38.1 Å². The molecule has 106 valence electrons. The second-order valence-electron chi connectivity index (χ2n) is 4.78. The number of hydrogen-bond donors (Lipinski definition) is 0. The molecule has 2 aromatic carbocycles. The van der Waals surface area contributed by atoms with Crippen molar-refractivity contribution in [2.45, 2.75) is 51.9 Å².